The Bertz CT molecular complexity index is 513. The van der Waals surface area contributed by atoms with Gasteiger partial charge < -0.3 is 0 Å². The summed E-state index contributed by atoms with van der Waals surface area (Å²) >= 11 is 12.4. The first-order chi connectivity index (χ1) is 8.50. The molecule has 0 N–H and O–H groups in total. The molecule has 1 aromatic rings. The zero-order valence-corrected chi connectivity index (χ0v) is 12.3. The van der Waals surface area contributed by atoms with Crippen LogP contribution in [0.3, 0.4) is 0 Å². The van der Waals surface area contributed by atoms with Crippen LogP contribution in [0.1, 0.15) is 24.8 Å². The fraction of sp³-hybridized carbons (Fsp3) is 0.538. The smallest absolute Gasteiger partial charge is 0.154 e. The SMILES string of the molecule is O=S1(=O)CCCCC1C(Cl)Cc1ccccc1Cl. The highest BCUT2D eigenvalue weighted by Crippen LogP contribution is 2.28. The van der Waals surface area contributed by atoms with Crippen molar-refractivity contribution < 1.29 is 8.42 Å². The quantitative estimate of drug-likeness (QED) is 0.802. The van der Waals surface area contributed by atoms with Crippen LogP contribution in [0.2, 0.25) is 5.02 Å². The monoisotopic (exact) mass is 306 g/mol. The molecule has 0 spiro atoms. The lowest BCUT2D eigenvalue weighted by Crippen LogP contribution is -2.36. The summed E-state index contributed by atoms with van der Waals surface area (Å²) in [5.41, 5.74) is 0.917. The van der Waals surface area contributed by atoms with Crippen LogP contribution in [-0.2, 0) is 16.3 Å². The van der Waals surface area contributed by atoms with Crippen molar-refractivity contribution in [2.45, 2.75) is 36.3 Å². The summed E-state index contributed by atoms with van der Waals surface area (Å²) in [4.78, 5) is 0. The van der Waals surface area contributed by atoms with Gasteiger partial charge in [0, 0.05) is 5.02 Å². The maximum absolute atomic E-state index is 12.0. The molecule has 0 bridgehead atoms. The second-order valence-electron chi connectivity index (χ2n) is 4.71. The van der Waals surface area contributed by atoms with Crippen LogP contribution in [0, 0.1) is 0 Å². The van der Waals surface area contributed by atoms with Gasteiger partial charge in [0.15, 0.2) is 9.84 Å². The number of halogens is 2. The fourth-order valence-corrected chi connectivity index (χ4v) is 5.35. The second kappa shape index (κ2) is 5.81. The minimum absolute atomic E-state index is 0.267. The van der Waals surface area contributed by atoms with Crippen LogP contribution < -0.4 is 0 Å². The summed E-state index contributed by atoms with van der Waals surface area (Å²) in [6.45, 7) is 0. The number of benzene rings is 1. The summed E-state index contributed by atoms with van der Waals surface area (Å²) in [5, 5.41) is -0.171. The van der Waals surface area contributed by atoms with Crippen LogP contribution in [0.25, 0.3) is 0 Å². The van der Waals surface area contributed by atoms with Gasteiger partial charge in [-0.15, -0.1) is 11.6 Å². The zero-order chi connectivity index (χ0) is 13.2. The van der Waals surface area contributed by atoms with E-state index < -0.39 is 20.5 Å². The topological polar surface area (TPSA) is 34.1 Å². The minimum Gasteiger partial charge on any atom is -0.228 e. The van der Waals surface area contributed by atoms with Crippen molar-refractivity contribution in [1.82, 2.24) is 0 Å². The molecular formula is C13H16Cl2O2S. The number of hydrogen-bond acceptors (Lipinski definition) is 2. The van der Waals surface area contributed by atoms with Crippen molar-refractivity contribution in [2.24, 2.45) is 0 Å². The second-order valence-corrected chi connectivity index (χ2v) is 8.02. The van der Waals surface area contributed by atoms with Crippen molar-refractivity contribution in [3.63, 3.8) is 0 Å². The first-order valence-corrected chi connectivity index (χ1v) is 8.63. The average molecular weight is 307 g/mol. The van der Waals surface area contributed by atoms with Crippen LogP contribution in [-0.4, -0.2) is 24.8 Å². The van der Waals surface area contributed by atoms with E-state index in [1.165, 1.54) is 0 Å². The van der Waals surface area contributed by atoms with E-state index in [9.17, 15) is 8.42 Å². The van der Waals surface area contributed by atoms with E-state index in [0.717, 1.165) is 18.4 Å². The molecule has 0 radical (unpaired) electrons. The van der Waals surface area contributed by atoms with E-state index in [1.807, 2.05) is 18.2 Å². The lowest BCUT2D eigenvalue weighted by atomic mass is 10.0. The summed E-state index contributed by atoms with van der Waals surface area (Å²) < 4.78 is 24.0. The molecule has 100 valence electrons. The third kappa shape index (κ3) is 3.19. The largest absolute Gasteiger partial charge is 0.228 e. The molecule has 2 atom stereocenters. The Labute approximate surface area is 118 Å². The maximum Gasteiger partial charge on any atom is 0.154 e. The molecular weight excluding hydrogens is 291 g/mol. The van der Waals surface area contributed by atoms with Gasteiger partial charge in [0.25, 0.3) is 0 Å². The molecule has 2 rings (SSSR count). The third-order valence-corrected chi connectivity index (χ3v) is 6.73. The molecule has 2 nitrogen and oxygen atoms in total. The number of hydrogen-bond donors (Lipinski definition) is 0. The van der Waals surface area contributed by atoms with Crippen LogP contribution in [0.5, 0.6) is 0 Å². The predicted octanol–water partition coefficient (Wildman–Crippen LogP) is 3.46. The van der Waals surface area contributed by atoms with Crippen LogP contribution >= 0.6 is 23.2 Å². The molecule has 18 heavy (non-hydrogen) atoms. The van der Waals surface area contributed by atoms with E-state index in [0.29, 0.717) is 17.9 Å². The van der Waals surface area contributed by atoms with Gasteiger partial charge in [-0.25, -0.2) is 8.42 Å². The van der Waals surface area contributed by atoms with E-state index in [1.54, 1.807) is 6.07 Å². The average Bonchev–Trinajstić information content (AvgIpc) is 2.31. The Balaban J connectivity index is 2.12. The van der Waals surface area contributed by atoms with Gasteiger partial charge in [-0.05, 0) is 30.9 Å². The molecule has 0 saturated carbocycles. The summed E-state index contributed by atoms with van der Waals surface area (Å²) in [7, 11) is -3.03. The lowest BCUT2D eigenvalue weighted by molar-refractivity contribution is 0.529. The zero-order valence-electron chi connectivity index (χ0n) is 9.98. The first-order valence-electron chi connectivity index (χ1n) is 6.10. The molecule has 1 fully saturated rings. The highest BCUT2D eigenvalue weighted by Gasteiger charge is 2.34. The Hall–Kier alpha value is -0.250. The molecule has 0 amide bonds. The molecule has 1 aliphatic rings. The first kappa shape index (κ1) is 14.2. The van der Waals surface area contributed by atoms with Gasteiger partial charge in [0.05, 0.1) is 16.4 Å². The van der Waals surface area contributed by atoms with Gasteiger partial charge in [-0.1, -0.05) is 36.2 Å². The number of sulfone groups is 1. The Kier molecular flexibility index (Phi) is 4.57. The van der Waals surface area contributed by atoms with Crippen molar-refractivity contribution in [2.75, 3.05) is 5.75 Å². The van der Waals surface area contributed by atoms with E-state index in [-0.39, 0.29) is 5.75 Å². The fourth-order valence-electron chi connectivity index (χ4n) is 2.39. The Morgan fingerprint density at radius 1 is 1.28 bits per heavy atom. The molecule has 1 heterocycles. The lowest BCUT2D eigenvalue weighted by Gasteiger charge is -2.26. The van der Waals surface area contributed by atoms with Crippen LogP contribution in [0.4, 0.5) is 0 Å². The van der Waals surface area contributed by atoms with Gasteiger partial charge in [-0.3, -0.25) is 0 Å². The molecule has 2 unspecified atom stereocenters. The highest BCUT2D eigenvalue weighted by atomic mass is 35.5. The molecule has 5 heteroatoms. The summed E-state index contributed by atoms with van der Waals surface area (Å²) in [6.07, 6.45) is 2.87. The van der Waals surface area contributed by atoms with Gasteiger partial charge in [-0.2, -0.15) is 0 Å². The van der Waals surface area contributed by atoms with Gasteiger partial charge in [0.1, 0.15) is 0 Å². The minimum atomic E-state index is -3.03. The Morgan fingerprint density at radius 3 is 2.67 bits per heavy atom. The van der Waals surface area contributed by atoms with Crippen molar-refractivity contribution >= 4 is 33.0 Å². The maximum atomic E-state index is 12.0. The predicted molar refractivity (Wildman–Crippen MR) is 76.2 cm³/mol. The molecule has 1 aliphatic heterocycles. The molecule has 0 aromatic heterocycles. The molecule has 0 aliphatic carbocycles. The molecule has 1 aromatic carbocycles. The van der Waals surface area contributed by atoms with Crippen LogP contribution in [0.15, 0.2) is 24.3 Å². The number of rotatable bonds is 3. The Morgan fingerprint density at radius 2 is 2.00 bits per heavy atom. The van der Waals surface area contributed by atoms with Gasteiger partial charge in [0.2, 0.25) is 0 Å². The highest BCUT2D eigenvalue weighted by molar-refractivity contribution is 7.92. The van der Waals surface area contributed by atoms with Gasteiger partial charge >= 0.3 is 0 Å². The van der Waals surface area contributed by atoms with Crippen molar-refractivity contribution in [3.05, 3.63) is 34.9 Å². The van der Waals surface area contributed by atoms with Crippen molar-refractivity contribution in [3.8, 4) is 0 Å². The normalized spacial score (nSPS) is 24.7. The summed E-state index contributed by atoms with van der Waals surface area (Å²) in [5.74, 6) is 0.267. The van der Waals surface area contributed by atoms with E-state index >= 15 is 0 Å². The van der Waals surface area contributed by atoms with E-state index in [2.05, 4.69) is 0 Å². The standard InChI is InChI=1S/C13H16Cl2O2S/c14-11-6-2-1-5-10(11)9-12(15)13-7-3-4-8-18(13,16)17/h1-2,5-6,12-13H,3-4,7-9H2. The summed E-state index contributed by atoms with van der Waals surface area (Å²) in [6, 6.07) is 7.44. The molecule has 1 saturated heterocycles. The van der Waals surface area contributed by atoms with Crippen molar-refractivity contribution in [1.29, 1.82) is 0 Å². The third-order valence-electron chi connectivity index (χ3n) is 3.40. The van der Waals surface area contributed by atoms with E-state index in [4.69, 9.17) is 23.2 Å². The number of alkyl halides is 1.